The Balaban J connectivity index is 1.75. The number of esters is 1. The van der Waals surface area contributed by atoms with Gasteiger partial charge in [-0.1, -0.05) is 61.7 Å². The molecule has 0 aromatic heterocycles. The van der Waals surface area contributed by atoms with Crippen LogP contribution in [0.5, 0.6) is 0 Å². The van der Waals surface area contributed by atoms with Crippen LogP contribution in [0.2, 0.25) is 0 Å². The number of ether oxygens (including phenoxy) is 1. The van der Waals surface area contributed by atoms with Gasteiger partial charge in [0.15, 0.2) is 11.9 Å². The van der Waals surface area contributed by atoms with Gasteiger partial charge in [-0.15, -0.1) is 0 Å². The van der Waals surface area contributed by atoms with Crippen LogP contribution in [-0.2, 0) is 20.7 Å². The van der Waals surface area contributed by atoms with Crippen molar-refractivity contribution in [3.8, 4) is 0 Å². The first kappa shape index (κ1) is 23.3. The quantitative estimate of drug-likeness (QED) is 0.312. The lowest BCUT2D eigenvalue weighted by Gasteiger charge is -2.13. The monoisotopic (exact) mass is 409 g/mol. The van der Waals surface area contributed by atoms with Crippen LogP contribution < -0.4 is 5.32 Å². The molecule has 160 valence electrons. The number of hydrogen-bond donors (Lipinski definition) is 1. The summed E-state index contributed by atoms with van der Waals surface area (Å²) in [7, 11) is 0. The number of rotatable bonds is 11. The molecule has 0 unspecified atom stereocenters. The van der Waals surface area contributed by atoms with Crippen molar-refractivity contribution in [3.05, 3.63) is 65.2 Å². The molecule has 5 heteroatoms. The summed E-state index contributed by atoms with van der Waals surface area (Å²) in [5.41, 5.74) is 3.53. The molecule has 5 nitrogen and oxygen atoms in total. The van der Waals surface area contributed by atoms with Gasteiger partial charge in [0.1, 0.15) is 0 Å². The van der Waals surface area contributed by atoms with Crippen LogP contribution in [-0.4, -0.2) is 23.8 Å². The number of benzene rings is 2. The van der Waals surface area contributed by atoms with Crippen molar-refractivity contribution in [2.75, 3.05) is 5.32 Å². The number of aryl methyl sites for hydroxylation is 2. The Morgan fingerprint density at radius 1 is 0.933 bits per heavy atom. The molecule has 0 aliphatic carbocycles. The average Bonchev–Trinajstić information content (AvgIpc) is 2.74. The molecular formula is C25H31NO4. The topological polar surface area (TPSA) is 72.5 Å². The van der Waals surface area contributed by atoms with Crippen molar-refractivity contribution in [1.82, 2.24) is 0 Å². The van der Waals surface area contributed by atoms with Crippen molar-refractivity contribution >= 4 is 23.3 Å². The highest BCUT2D eigenvalue weighted by Crippen LogP contribution is 2.13. The van der Waals surface area contributed by atoms with Crippen molar-refractivity contribution in [2.24, 2.45) is 0 Å². The summed E-state index contributed by atoms with van der Waals surface area (Å²) in [6, 6.07) is 14.9. The maximum atomic E-state index is 12.3. The number of hydrogen-bond acceptors (Lipinski definition) is 4. The van der Waals surface area contributed by atoms with E-state index in [9.17, 15) is 14.4 Å². The molecule has 0 spiro atoms. The first-order valence-electron chi connectivity index (χ1n) is 10.6. The summed E-state index contributed by atoms with van der Waals surface area (Å²) in [4.78, 5) is 36.5. The van der Waals surface area contributed by atoms with Crippen LogP contribution in [0.25, 0.3) is 0 Å². The standard InChI is InChI=1S/C25H31NO4/c1-4-5-6-7-20-10-12-21(13-11-20)23(27)16-17-24(28)30-19(3)25(29)26-22-14-8-18(2)9-15-22/h8-15,19H,4-7,16-17H2,1-3H3,(H,26,29)/t19-/m1/s1. The predicted octanol–water partition coefficient (Wildman–Crippen LogP) is 5.26. The lowest BCUT2D eigenvalue weighted by molar-refractivity contribution is -0.153. The number of ketones is 1. The summed E-state index contributed by atoms with van der Waals surface area (Å²) in [6.07, 6.45) is 3.60. The lowest BCUT2D eigenvalue weighted by Crippen LogP contribution is -2.30. The van der Waals surface area contributed by atoms with E-state index in [0.29, 0.717) is 11.3 Å². The van der Waals surface area contributed by atoms with E-state index in [1.54, 1.807) is 12.1 Å². The minimum absolute atomic E-state index is 0.0559. The van der Waals surface area contributed by atoms with E-state index in [1.807, 2.05) is 43.3 Å². The van der Waals surface area contributed by atoms with Crippen LogP contribution in [0.4, 0.5) is 5.69 Å². The predicted molar refractivity (Wildman–Crippen MR) is 119 cm³/mol. The molecule has 0 aliphatic rings. The Morgan fingerprint density at radius 2 is 1.60 bits per heavy atom. The second-order valence-electron chi connectivity index (χ2n) is 7.56. The van der Waals surface area contributed by atoms with E-state index in [2.05, 4.69) is 12.2 Å². The first-order chi connectivity index (χ1) is 14.4. The minimum atomic E-state index is -0.934. The molecule has 2 rings (SSSR count). The molecule has 30 heavy (non-hydrogen) atoms. The SMILES string of the molecule is CCCCCc1ccc(C(=O)CCC(=O)O[C@H](C)C(=O)Nc2ccc(C)cc2)cc1. The minimum Gasteiger partial charge on any atom is -0.453 e. The summed E-state index contributed by atoms with van der Waals surface area (Å²) < 4.78 is 5.17. The van der Waals surface area contributed by atoms with Crippen LogP contribution in [0.1, 0.15) is 67.4 Å². The number of Topliss-reactive ketones (excluding diaryl/α,β-unsaturated/α-hetero) is 1. The zero-order valence-corrected chi connectivity index (χ0v) is 18.1. The van der Waals surface area contributed by atoms with Gasteiger partial charge in [-0.05, 0) is 44.4 Å². The van der Waals surface area contributed by atoms with Crippen LogP contribution in [0, 0.1) is 6.92 Å². The zero-order chi connectivity index (χ0) is 21.9. The van der Waals surface area contributed by atoms with E-state index < -0.39 is 18.0 Å². The third-order valence-corrected chi connectivity index (χ3v) is 4.90. The Morgan fingerprint density at radius 3 is 2.23 bits per heavy atom. The fraction of sp³-hybridized carbons (Fsp3) is 0.400. The second-order valence-corrected chi connectivity index (χ2v) is 7.56. The van der Waals surface area contributed by atoms with E-state index in [4.69, 9.17) is 4.74 Å². The summed E-state index contributed by atoms with van der Waals surface area (Å²) in [6.45, 7) is 5.64. The van der Waals surface area contributed by atoms with E-state index in [1.165, 1.54) is 25.3 Å². The second kappa shape index (κ2) is 11.9. The molecule has 0 saturated heterocycles. The number of unbranched alkanes of at least 4 members (excludes halogenated alkanes) is 2. The van der Waals surface area contributed by atoms with Gasteiger partial charge >= 0.3 is 5.97 Å². The number of carbonyl (C=O) groups excluding carboxylic acids is 3. The number of carbonyl (C=O) groups is 3. The van der Waals surface area contributed by atoms with Crippen molar-refractivity contribution < 1.29 is 19.1 Å². The van der Waals surface area contributed by atoms with Crippen LogP contribution >= 0.6 is 0 Å². The molecule has 1 amide bonds. The molecule has 2 aromatic rings. The molecule has 2 aromatic carbocycles. The molecule has 0 aliphatic heterocycles. The molecular weight excluding hydrogens is 378 g/mol. The average molecular weight is 410 g/mol. The molecule has 0 radical (unpaired) electrons. The molecule has 0 saturated carbocycles. The largest absolute Gasteiger partial charge is 0.453 e. The smallest absolute Gasteiger partial charge is 0.307 e. The van der Waals surface area contributed by atoms with E-state index in [0.717, 1.165) is 18.4 Å². The zero-order valence-electron chi connectivity index (χ0n) is 18.1. The van der Waals surface area contributed by atoms with Crippen LogP contribution in [0.15, 0.2) is 48.5 Å². The Bertz CT molecular complexity index is 840. The summed E-state index contributed by atoms with van der Waals surface area (Å²) in [5.74, 6) is -1.08. The van der Waals surface area contributed by atoms with Gasteiger partial charge in [0.05, 0.1) is 6.42 Å². The van der Waals surface area contributed by atoms with Crippen LogP contribution in [0.3, 0.4) is 0 Å². The van der Waals surface area contributed by atoms with Gasteiger partial charge in [-0.3, -0.25) is 14.4 Å². The lowest BCUT2D eigenvalue weighted by atomic mass is 10.0. The third-order valence-electron chi connectivity index (χ3n) is 4.90. The number of anilines is 1. The van der Waals surface area contributed by atoms with Crippen molar-refractivity contribution in [1.29, 1.82) is 0 Å². The number of nitrogens with one attached hydrogen (secondary N) is 1. The fourth-order valence-corrected chi connectivity index (χ4v) is 2.99. The highest BCUT2D eigenvalue weighted by atomic mass is 16.5. The van der Waals surface area contributed by atoms with Gasteiger partial charge in [-0.25, -0.2) is 0 Å². The van der Waals surface area contributed by atoms with Gasteiger partial charge in [0.25, 0.3) is 5.91 Å². The van der Waals surface area contributed by atoms with Gasteiger partial charge in [-0.2, -0.15) is 0 Å². The summed E-state index contributed by atoms with van der Waals surface area (Å²) >= 11 is 0. The Hall–Kier alpha value is -2.95. The molecule has 0 fully saturated rings. The maximum Gasteiger partial charge on any atom is 0.307 e. The van der Waals surface area contributed by atoms with Gasteiger partial charge in [0, 0.05) is 17.7 Å². The number of amides is 1. The van der Waals surface area contributed by atoms with Crippen molar-refractivity contribution in [2.45, 2.75) is 65.4 Å². The van der Waals surface area contributed by atoms with Crippen molar-refractivity contribution in [3.63, 3.8) is 0 Å². The molecule has 0 bridgehead atoms. The van der Waals surface area contributed by atoms with Gasteiger partial charge < -0.3 is 10.1 Å². The first-order valence-corrected chi connectivity index (χ1v) is 10.6. The normalized spacial score (nSPS) is 11.6. The summed E-state index contributed by atoms with van der Waals surface area (Å²) in [5, 5.41) is 2.71. The molecule has 0 heterocycles. The third kappa shape index (κ3) is 7.82. The Labute approximate surface area is 178 Å². The Kier molecular flexibility index (Phi) is 9.26. The fourth-order valence-electron chi connectivity index (χ4n) is 2.99. The van der Waals surface area contributed by atoms with Gasteiger partial charge in [0.2, 0.25) is 0 Å². The highest BCUT2D eigenvalue weighted by molar-refractivity contribution is 5.98. The van der Waals surface area contributed by atoms with E-state index >= 15 is 0 Å². The molecule has 1 N–H and O–H groups in total. The maximum absolute atomic E-state index is 12.3. The molecule has 1 atom stereocenters. The van der Waals surface area contributed by atoms with E-state index in [-0.39, 0.29) is 18.6 Å². The highest BCUT2D eigenvalue weighted by Gasteiger charge is 2.19.